The molecule has 0 N–H and O–H groups in total. The first kappa shape index (κ1) is 11.8. The Hall–Kier alpha value is -0.0151. The summed E-state index contributed by atoms with van der Waals surface area (Å²) < 4.78 is 5.59. The molecule has 3 heteroatoms. The van der Waals surface area contributed by atoms with Crippen LogP contribution in [0.15, 0.2) is 0 Å². The zero-order chi connectivity index (χ0) is 12.3. The van der Waals surface area contributed by atoms with E-state index in [1.807, 2.05) is 0 Å². The number of fused-ring (bicyclic) bond motifs is 3. The Balaban J connectivity index is 1.64. The first-order valence-electron chi connectivity index (χ1n) is 7.92. The van der Waals surface area contributed by atoms with Gasteiger partial charge < -0.3 is 4.74 Å². The number of nitrogens with zero attached hydrogens (tertiary/aromatic N) is 1. The zero-order valence-corrected chi connectivity index (χ0v) is 11.8. The molecule has 4 fully saturated rings. The Kier molecular flexibility index (Phi) is 2.61. The van der Waals surface area contributed by atoms with Gasteiger partial charge in [0.25, 0.3) is 0 Å². The molecular weight excluding hydrogens is 221 g/mol. The van der Waals surface area contributed by atoms with Crippen LogP contribution in [0.2, 0.25) is 11.6 Å². The van der Waals surface area contributed by atoms with Crippen LogP contribution in [-0.4, -0.2) is 43.0 Å². The molecule has 3 heterocycles. The van der Waals surface area contributed by atoms with E-state index in [4.69, 9.17) is 4.74 Å². The maximum atomic E-state index is 5.59. The Morgan fingerprint density at radius 2 is 2.06 bits per heavy atom. The summed E-state index contributed by atoms with van der Waals surface area (Å²) in [6.45, 7) is 6.77. The number of hydrogen-bond acceptors (Lipinski definition) is 2. The van der Waals surface area contributed by atoms with Crippen LogP contribution in [0.3, 0.4) is 0 Å². The predicted octanol–water partition coefficient (Wildman–Crippen LogP) is 2.72. The second kappa shape index (κ2) is 3.99. The van der Waals surface area contributed by atoms with E-state index in [1.165, 1.54) is 32.1 Å². The number of rotatable bonds is 1. The highest BCUT2D eigenvalue weighted by atomic mass is 16.5. The van der Waals surface area contributed by atoms with Crippen molar-refractivity contribution >= 4 is 7.28 Å². The van der Waals surface area contributed by atoms with Crippen molar-refractivity contribution in [2.24, 2.45) is 5.92 Å². The molecule has 1 radical (unpaired) electrons. The molecule has 4 unspecified atom stereocenters. The Labute approximate surface area is 112 Å². The Bertz CT molecular complexity index is 341. The summed E-state index contributed by atoms with van der Waals surface area (Å²) in [4.78, 5) is 2.87. The van der Waals surface area contributed by atoms with E-state index >= 15 is 0 Å². The molecule has 0 aromatic carbocycles. The minimum atomic E-state index is 0.421. The monoisotopic (exact) mass is 246 g/mol. The highest BCUT2D eigenvalue weighted by molar-refractivity contribution is 6.53. The average Bonchev–Trinajstić information content (AvgIpc) is 3.04. The summed E-state index contributed by atoms with van der Waals surface area (Å²) in [7, 11) is 2.64. The van der Waals surface area contributed by atoms with Crippen molar-refractivity contribution < 1.29 is 4.74 Å². The van der Waals surface area contributed by atoms with Gasteiger partial charge in [-0.25, -0.2) is 0 Å². The summed E-state index contributed by atoms with van der Waals surface area (Å²) in [6, 6.07) is 1.52. The van der Waals surface area contributed by atoms with E-state index in [0.29, 0.717) is 11.6 Å². The van der Waals surface area contributed by atoms with Crippen molar-refractivity contribution in [3.8, 4) is 0 Å². The van der Waals surface area contributed by atoms with Gasteiger partial charge in [-0.3, -0.25) is 4.90 Å². The lowest BCUT2D eigenvalue weighted by Gasteiger charge is -2.60. The normalized spacial score (nSPS) is 45.7. The second-order valence-corrected chi connectivity index (χ2v) is 7.35. The molecule has 4 rings (SSSR count). The summed E-state index contributed by atoms with van der Waals surface area (Å²) in [6.07, 6.45) is 7.18. The second-order valence-electron chi connectivity index (χ2n) is 7.35. The number of ether oxygens (including phenoxy) is 1. The summed E-state index contributed by atoms with van der Waals surface area (Å²) >= 11 is 0. The molecule has 2 nitrogen and oxygen atoms in total. The lowest BCUT2D eigenvalue weighted by Crippen LogP contribution is -2.70. The standard InChI is InChI=1S/C15H25BNO/c1-10(2)17-13-5-3-4-12-14(16-12)11(13)6-7-15(17)8-18-9-15/h10-14H,3-9H2,1-2H3. The third-order valence-corrected chi connectivity index (χ3v) is 5.99. The van der Waals surface area contributed by atoms with Crippen molar-refractivity contribution in [1.29, 1.82) is 0 Å². The van der Waals surface area contributed by atoms with E-state index in [-0.39, 0.29) is 0 Å². The number of likely N-dealkylation sites (tertiary alicyclic amines) is 1. The van der Waals surface area contributed by atoms with Gasteiger partial charge in [0.1, 0.15) is 7.28 Å². The molecule has 1 aliphatic carbocycles. The van der Waals surface area contributed by atoms with Gasteiger partial charge in [-0.15, -0.1) is 0 Å². The van der Waals surface area contributed by atoms with E-state index in [2.05, 4.69) is 26.0 Å². The van der Waals surface area contributed by atoms with Crippen LogP contribution in [0.25, 0.3) is 0 Å². The van der Waals surface area contributed by atoms with Crippen LogP contribution in [0.1, 0.15) is 46.0 Å². The van der Waals surface area contributed by atoms with Gasteiger partial charge in [-0.05, 0) is 39.0 Å². The molecule has 0 aromatic rings. The van der Waals surface area contributed by atoms with Gasteiger partial charge >= 0.3 is 0 Å². The van der Waals surface area contributed by atoms with Crippen LogP contribution in [0.4, 0.5) is 0 Å². The first-order chi connectivity index (χ1) is 8.71. The molecule has 1 saturated carbocycles. The van der Waals surface area contributed by atoms with Crippen LogP contribution in [0.5, 0.6) is 0 Å². The molecule has 1 spiro atoms. The largest absolute Gasteiger partial charge is 0.377 e. The molecule has 18 heavy (non-hydrogen) atoms. The van der Waals surface area contributed by atoms with Crippen LogP contribution in [0, 0.1) is 5.92 Å². The fourth-order valence-corrected chi connectivity index (χ4v) is 5.21. The molecule has 4 aliphatic rings. The van der Waals surface area contributed by atoms with Crippen LogP contribution < -0.4 is 0 Å². The fourth-order valence-electron chi connectivity index (χ4n) is 5.21. The van der Waals surface area contributed by atoms with Crippen LogP contribution in [-0.2, 0) is 4.74 Å². The van der Waals surface area contributed by atoms with Gasteiger partial charge in [-0.2, -0.15) is 0 Å². The van der Waals surface area contributed by atoms with E-state index < -0.39 is 0 Å². The Morgan fingerprint density at radius 1 is 1.22 bits per heavy atom. The number of piperidine rings is 1. The third-order valence-electron chi connectivity index (χ3n) is 5.99. The van der Waals surface area contributed by atoms with E-state index in [0.717, 1.165) is 36.8 Å². The predicted molar refractivity (Wildman–Crippen MR) is 74.1 cm³/mol. The zero-order valence-electron chi connectivity index (χ0n) is 11.8. The molecule has 99 valence electrons. The fraction of sp³-hybridized carbons (Fsp3) is 1.00. The highest BCUT2D eigenvalue weighted by Gasteiger charge is 2.57. The number of hydrogen-bond donors (Lipinski definition) is 0. The summed E-state index contributed by atoms with van der Waals surface area (Å²) in [5, 5.41) is 0. The van der Waals surface area contributed by atoms with E-state index in [1.54, 1.807) is 0 Å². The van der Waals surface area contributed by atoms with Gasteiger partial charge in [0.05, 0.1) is 18.8 Å². The maximum absolute atomic E-state index is 5.59. The minimum absolute atomic E-state index is 0.421. The lowest BCUT2D eigenvalue weighted by atomic mass is 9.70. The third kappa shape index (κ3) is 1.56. The Morgan fingerprint density at radius 3 is 2.72 bits per heavy atom. The smallest absolute Gasteiger partial charge is 0.117 e. The molecule has 0 bridgehead atoms. The van der Waals surface area contributed by atoms with Crippen molar-refractivity contribution in [2.75, 3.05) is 13.2 Å². The minimum Gasteiger partial charge on any atom is -0.377 e. The van der Waals surface area contributed by atoms with Gasteiger partial charge in [0.15, 0.2) is 0 Å². The van der Waals surface area contributed by atoms with Gasteiger partial charge in [0.2, 0.25) is 0 Å². The summed E-state index contributed by atoms with van der Waals surface area (Å²) in [5.41, 5.74) is 0.421. The maximum Gasteiger partial charge on any atom is 0.117 e. The highest BCUT2D eigenvalue weighted by Crippen LogP contribution is 2.59. The first-order valence-corrected chi connectivity index (χ1v) is 7.92. The SMILES string of the molecule is CC(C)N1C2CCCC3[B]C3C2CCC12COC2. The van der Waals surface area contributed by atoms with Crippen molar-refractivity contribution in [3.63, 3.8) is 0 Å². The molecule has 0 aromatic heterocycles. The van der Waals surface area contributed by atoms with Gasteiger partial charge in [-0.1, -0.05) is 24.5 Å². The molecule has 3 saturated heterocycles. The molecular formula is C15H25BNO. The van der Waals surface area contributed by atoms with Gasteiger partial charge in [0, 0.05) is 12.1 Å². The summed E-state index contributed by atoms with van der Waals surface area (Å²) in [5.74, 6) is 2.92. The quantitative estimate of drug-likeness (QED) is 0.659. The van der Waals surface area contributed by atoms with Crippen molar-refractivity contribution in [3.05, 3.63) is 0 Å². The average molecular weight is 246 g/mol. The molecule has 4 atom stereocenters. The van der Waals surface area contributed by atoms with Crippen LogP contribution >= 0.6 is 0 Å². The van der Waals surface area contributed by atoms with Crippen molar-refractivity contribution in [1.82, 2.24) is 4.90 Å². The molecule has 0 amide bonds. The molecule has 3 aliphatic heterocycles. The lowest BCUT2D eigenvalue weighted by molar-refractivity contribution is -0.193. The topological polar surface area (TPSA) is 12.5 Å². The van der Waals surface area contributed by atoms with Crippen molar-refractivity contribution in [2.45, 2.75) is 75.2 Å². The van der Waals surface area contributed by atoms with E-state index in [9.17, 15) is 0 Å².